The molecule has 0 spiro atoms. The minimum atomic E-state index is 0.787. The topological polar surface area (TPSA) is 0 Å². The van der Waals surface area contributed by atoms with E-state index in [1.807, 2.05) is 12.1 Å². The van der Waals surface area contributed by atoms with Crippen molar-refractivity contribution in [2.45, 2.75) is 13.3 Å². The van der Waals surface area contributed by atoms with Crippen molar-refractivity contribution in [3.05, 3.63) is 68.7 Å². The van der Waals surface area contributed by atoms with Gasteiger partial charge in [0.05, 0.1) is 0 Å². The van der Waals surface area contributed by atoms with E-state index in [2.05, 4.69) is 53.2 Å². The lowest BCUT2D eigenvalue weighted by Crippen LogP contribution is -1.91. The summed E-state index contributed by atoms with van der Waals surface area (Å²) in [5.41, 5.74) is 3.94. The predicted octanol–water partition coefficient (Wildman–Crippen LogP) is 5.00. The Morgan fingerprint density at radius 3 is 2.44 bits per heavy atom. The van der Waals surface area contributed by atoms with Crippen LogP contribution in [-0.4, -0.2) is 0 Å². The second-order valence-corrected chi connectivity index (χ2v) is 5.23. The van der Waals surface area contributed by atoms with Crippen LogP contribution in [0.1, 0.15) is 16.7 Å². The summed E-state index contributed by atoms with van der Waals surface area (Å²) >= 11 is 9.36. The normalized spacial score (nSPS) is 10.4. The number of rotatable bonds is 2. The van der Waals surface area contributed by atoms with Crippen molar-refractivity contribution in [2.24, 2.45) is 0 Å². The molecule has 2 rings (SSSR count). The van der Waals surface area contributed by atoms with Crippen LogP contribution < -0.4 is 0 Å². The van der Waals surface area contributed by atoms with E-state index in [1.165, 1.54) is 16.7 Å². The van der Waals surface area contributed by atoms with Gasteiger partial charge in [-0.25, -0.2) is 0 Å². The van der Waals surface area contributed by atoms with Crippen LogP contribution in [-0.2, 0) is 6.42 Å². The van der Waals surface area contributed by atoms with Gasteiger partial charge >= 0.3 is 0 Å². The Kier molecular flexibility index (Phi) is 3.67. The van der Waals surface area contributed by atoms with E-state index in [4.69, 9.17) is 11.6 Å². The van der Waals surface area contributed by atoms with E-state index in [1.54, 1.807) is 0 Å². The Bertz CT molecular complexity index is 489. The van der Waals surface area contributed by atoms with Crippen LogP contribution in [0.5, 0.6) is 0 Å². The number of halogens is 2. The quantitative estimate of drug-likeness (QED) is 0.731. The van der Waals surface area contributed by atoms with Crippen LogP contribution in [0.25, 0.3) is 0 Å². The lowest BCUT2D eigenvalue weighted by Gasteiger charge is -2.06. The van der Waals surface area contributed by atoms with Crippen LogP contribution in [0, 0.1) is 6.92 Å². The van der Waals surface area contributed by atoms with Gasteiger partial charge in [0.15, 0.2) is 0 Å². The first-order valence-corrected chi connectivity index (χ1v) is 6.32. The lowest BCUT2D eigenvalue weighted by atomic mass is 10.0. The Labute approximate surface area is 109 Å². The van der Waals surface area contributed by atoms with E-state index in [-0.39, 0.29) is 0 Å². The molecule has 0 bridgehead atoms. The summed E-state index contributed by atoms with van der Waals surface area (Å²) in [6.07, 6.45) is 0.947. The van der Waals surface area contributed by atoms with Gasteiger partial charge in [-0.15, -0.1) is 0 Å². The van der Waals surface area contributed by atoms with Gasteiger partial charge in [0, 0.05) is 9.50 Å². The zero-order valence-corrected chi connectivity index (χ0v) is 11.3. The molecule has 0 N–H and O–H groups in total. The standard InChI is InChI=1S/C14H12BrCl/c1-10-2-5-13(15)9-12(10)8-11-3-6-14(16)7-4-11/h2-7,9H,8H2,1H3. The maximum absolute atomic E-state index is 5.86. The molecule has 2 aromatic rings. The Morgan fingerprint density at radius 1 is 1.06 bits per heavy atom. The minimum Gasteiger partial charge on any atom is -0.0843 e. The molecular formula is C14H12BrCl. The molecular weight excluding hydrogens is 284 g/mol. The molecule has 0 unspecified atom stereocenters. The fraction of sp³-hybridized carbons (Fsp3) is 0.143. The molecule has 0 atom stereocenters. The average molecular weight is 296 g/mol. The van der Waals surface area contributed by atoms with Gasteiger partial charge in [-0.05, 0) is 54.3 Å². The van der Waals surface area contributed by atoms with Gasteiger partial charge < -0.3 is 0 Å². The van der Waals surface area contributed by atoms with Crippen LogP contribution in [0.4, 0.5) is 0 Å². The maximum atomic E-state index is 5.86. The average Bonchev–Trinajstić information content (AvgIpc) is 2.27. The first-order chi connectivity index (χ1) is 7.65. The molecule has 2 heteroatoms. The van der Waals surface area contributed by atoms with Crippen LogP contribution in [0.15, 0.2) is 46.9 Å². The number of benzene rings is 2. The van der Waals surface area contributed by atoms with Crippen molar-refractivity contribution in [1.82, 2.24) is 0 Å². The summed E-state index contributed by atoms with van der Waals surface area (Å²) in [6.45, 7) is 2.14. The van der Waals surface area contributed by atoms with Gasteiger partial charge in [0.25, 0.3) is 0 Å². The molecule has 0 radical (unpaired) electrons. The lowest BCUT2D eigenvalue weighted by molar-refractivity contribution is 1.15. The van der Waals surface area contributed by atoms with E-state index in [9.17, 15) is 0 Å². The third kappa shape index (κ3) is 2.87. The fourth-order valence-corrected chi connectivity index (χ4v) is 2.19. The zero-order valence-electron chi connectivity index (χ0n) is 9.00. The number of aryl methyl sites for hydroxylation is 1. The van der Waals surface area contributed by atoms with Gasteiger partial charge in [-0.1, -0.05) is 45.7 Å². The second-order valence-electron chi connectivity index (χ2n) is 3.87. The van der Waals surface area contributed by atoms with E-state index in [0.717, 1.165) is 15.9 Å². The second kappa shape index (κ2) is 5.03. The highest BCUT2D eigenvalue weighted by atomic mass is 79.9. The molecule has 0 aliphatic carbocycles. The number of hydrogen-bond donors (Lipinski definition) is 0. The summed E-state index contributed by atoms with van der Waals surface area (Å²) < 4.78 is 1.13. The number of hydrogen-bond acceptors (Lipinski definition) is 0. The Balaban J connectivity index is 2.26. The molecule has 0 aromatic heterocycles. The molecule has 0 nitrogen and oxygen atoms in total. The van der Waals surface area contributed by atoms with Crippen LogP contribution in [0.3, 0.4) is 0 Å². The highest BCUT2D eigenvalue weighted by molar-refractivity contribution is 9.10. The monoisotopic (exact) mass is 294 g/mol. The summed E-state index contributed by atoms with van der Waals surface area (Å²) in [4.78, 5) is 0. The van der Waals surface area contributed by atoms with E-state index < -0.39 is 0 Å². The smallest absolute Gasteiger partial charge is 0.0406 e. The largest absolute Gasteiger partial charge is 0.0843 e. The highest BCUT2D eigenvalue weighted by Gasteiger charge is 2.01. The third-order valence-electron chi connectivity index (χ3n) is 2.62. The van der Waals surface area contributed by atoms with Crippen molar-refractivity contribution in [3.8, 4) is 0 Å². The summed E-state index contributed by atoms with van der Waals surface area (Å²) in [5, 5.41) is 0.787. The Morgan fingerprint density at radius 2 is 1.75 bits per heavy atom. The molecule has 16 heavy (non-hydrogen) atoms. The van der Waals surface area contributed by atoms with Crippen molar-refractivity contribution < 1.29 is 0 Å². The first-order valence-electron chi connectivity index (χ1n) is 5.14. The van der Waals surface area contributed by atoms with Crippen molar-refractivity contribution in [2.75, 3.05) is 0 Å². The predicted molar refractivity (Wildman–Crippen MR) is 73.1 cm³/mol. The zero-order chi connectivity index (χ0) is 11.5. The first kappa shape index (κ1) is 11.7. The minimum absolute atomic E-state index is 0.787. The van der Waals surface area contributed by atoms with E-state index >= 15 is 0 Å². The summed E-state index contributed by atoms with van der Waals surface area (Å²) in [7, 11) is 0. The van der Waals surface area contributed by atoms with E-state index in [0.29, 0.717) is 0 Å². The van der Waals surface area contributed by atoms with Crippen LogP contribution in [0.2, 0.25) is 5.02 Å². The maximum Gasteiger partial charge on any atom is 0.0406 e. The molecule has 2 aromatic carbocycles. The van der Waals surface area contributed by atoms with Crippen molar-refractivity contribution in [3.63, 3.8) is 0 Å². The molecule has 0 amide bonds. The van der Waals surface area contributed by atoms with Gasteiger partial charge in [-0.2, -0.15) is 0 Å². The SMILES string of the molecule is Cc1ccc(Br)cc1Cc1ccc(Cl)cc1. The van der Waals surface area contributed by atoms with Gasteiger partial charge in [0.1, 0.15) is 0 Å². The summed E-state index contributed by atoms with van der Waals surface area (Å²) in [5.74, 6) is 0. The molecule has 0 fully saturated rings. The summed E-state index contributed by atoms with van der Waals surface area (Å²) in [6, 6.07) is 14.4. The van der Waals surface area contributed by atoms with Crippen LogP contribution >= 0.6 is 27.5 Å². The Hall–Kier alpha value is -0.790. The molecule has 82 valence electrons. The molecule has 0 heterocycles. The van der Waals surface area contributed by atoms with Crippen molar-refractivity contribution in [1.29, 1.82) is 0 Å². The van der Waals surface area contributed by atoms with Crippen molar-refractivity contribution >= 4 is 27.5 Å². The molecule has 0 aliphatic rings. The van der Waals surface area contributed by atoms with Gasteiger partial charge in [0.2, 0.25) is 0 Å². The fourth-order valence-electron chi connectivity index (χ4n) is 1.65. The molecule has 0 aliphatic heterocycles. The highest BCUT2D eigenvalue weighted by Crippen LogP contribution is 2.20. The third-order valence-corrected chi connectivity index (χ3v) is 3.36. The van der Waals surface area contributed by atoms with Gasteiger partial charge in [-0.3, -0.25) is 0 Å². The molecule has 0 saturated carbocycles. The molecule has 0 saturated heterocycles.